The third-order valence-electron chi connectivity index (χ3n) is 4.27. The largest absolute Gasteiger partial charge is 0.494 e. The van der Waals surface area contributed by atoms with Gasteiger partial charge in [0.25, 0.3) is 0 Å². The molecule has 0 aliphatic rings. The predicted molar refractivity (Wildman–Crippen MR) is 105 cm³/mol. The first-order chi connectivity index (χ1) is 12.9. The summed E-state index contributed by atoms with van der Waals surface area (Å²) in [5.41, 5.74) is 5.80. The van der Waals surface area contributed by atoms with E-state index < -0.39 is 0 Å². The van der Waals surface area contributed by atoms with Gasteiger partial charge in [-0.2, -0.15) is 0 Å². The van der Waals surface area contributed by atoms with Crippen molar-refractivity contribution in [2.75, 3.05) is 7.11 Å². The van der Waals surface area contributed by atoms with Gasteiger partial charge in [0.05, 0.1) is 12.8 Å². The van der Waals surface area contributed by atoms with Gasteiger partial charge in [-0.05, 0) is 12.1 Å². The van der Waals surface area contributed by atoms with Crippen molar-refractivity contribution in [2.24, 2.45) is 0 Å². The standard InChI is InChI=1S/C23H18N2O/c1-26-23-20(19-13-8-14-24-16-19)15-21(17-9-4-2-5-10-17)25-22(23)18-11-6-3-7-12-18/h2-16H,1H3. The number of pyridine rings is 2. The maximum absolute atomic E-state index is 5.79. The van der Waals surface area contributed by atoms with Crippen molar-refractivity contribution < 1.29 is 4.74 Å². The van der Waals surface area contributed by atoms with Crippen LogP contribution in [0.4, 0.5) is 0 Å². The Hall–Kier alpha value is -3.46. The third-order valence-corrected chi connectivity index (χ3v) is 4.27. The molecule has 0 N–H and O–H groups in total. The maximum atomic E-state index is 5.79. The molecule has 4 rings (SSSR count). The number of benzene rings is 2. The molecule has 0 saturated heterocycles. The van der Waals surface area contributed by atoms with Crippen molar-refractivity contribution in [2.45, 2.75) is 0 Å². The van der Waals surface area contributed by atoms with Gasteiger partial charge in [-0.3, -0.25) is 4.98 Å². The lowest BCUT2D eigenvalue weighted by molar-refractivity contribution is 0.416. The highest BCUT2D eigenvalue weighted by molar-refractivity contribution is 5.83. The normalized spacial score (nSPS) is 10.5. The van der Waals surface area contributed by atoms with Crippen LogP contribution in [0.3, 0.4) is 0 Å². The molecule has 0 atom stereocenters. The first-order valence-electron chi connectivity index (χ1n) is 8.47. The molecule has 126 valence electrons. The summed E-state index contributed by atoms with van der Waals surface area (Å²) in [5.74, 6) is 0.754. The Morgan fingerprint density at radius 2 is 1.38 bits per heavy atom. The first kappa shape index (κ1) is 16.0. The Bertz CT molecular complexity index is 940. The molecule has 0 unspecified atom stereocenters. The molecule has 2 aromatic carbocycles. The van der Waals surface area contributed by atoms with E-state index >= 15 is 0 Å². The Labute approximate surface area is 153 Å². The highest BCUT2D eigenvalue weighted by Gasteiger charge is 2.17. The SMILES string of the molecule is COc1c(-c2cccnc2)cc(-c2ccccc2)nc1-c1ccccc1. The zero-order chi connectivity index (χ0) is 17.8. The van der Waals surface area contributed by atoms with Crippen LogP contribution in [-0.4, -0.2) is 17.1 Å². The first-order valence-corrected chi connectivity index (χ1v) is 8.47. The number of methoxy groups -OCH3 is 1. The van der Waals surface area contributed by atoms with Crippen LogP contribution in [0.2, 0.25) is 0 Å². The molecule has 0 saturated carbocycles. The summed E-state index contributed by atoms with van der Waals surface area (Å²) in [7, 11) is 1.69. The van der Waals surface area contributed by atoms with Gasteiger partial charge in [0, 0.05) is 34.6 Å². The highest BCUT2D eigenvalue weighted by atomic mass is 16.5. The summed E-state index contributed by atoms with van der Waals surface area (Å²) in [6, 6.07) is 26.3. The van der Waals surface area contributed by atoms with Crippen molar-refractivity contribution in [1.82, 2.24) is 9.97 Å². The maximum Gasteiger partial charge on any atom is 0.153 e. The second kappa shape index (κ2) is 7.19. The van der Waals surface area contributed by atoms with Crippen LogP contribution in [0, 0.1) is 0 Å². The lowest BCUT2D eigenvalue weighted by Gasteiger charge is -2.16. The molecule has 26 heavy (non-hydrogen) atoms. The van der Waals surface area contributed by atoms with Gasteiger partial charge in [-0.25, -0.2) is 4.98 Å². The van der Waals surface area contributed by atoms with Crippen LogP contribution >= 0.6 is 0 Å². The van der Waals surface area contributed by atoms with Gasteiger partial charge < -0.3 is 4.74 Å². The lowest BCUT2D eigenvalue weighted by Crippen LogP contribution is -1.97. The zero-order valence-corrected chi connectivity index (χ0v) is 14.5. The molecule has 0 aliphatic carbocycles. The molecule has 2 heterocycles. The van der Waals surface area contributed by atoms with Crippen molar-refractivity contribution in [3.8, 4) is 39.4 Å². The number of nitrogens with zero attached hydrogens (tertiary/aromatic N) is 2. The molecule has 0 spiro atoms. The number of rotatable bonds is 4. The monoisotopic (exact) mass is 338 g/mol. The van der Waals surface area contributed by atoms with Crippen LogP contribution in [-0.2, 0) is 0 Å². The van der Waals surface area contributed by atoms with E-state index in [0.717, 1.165) is 39.4 Å². The average molecular weight is 338 g/mol. The van der Waals surface area contributed by atoms with E-state index in [4.69, 9.17) is 9.72 Å². The molecular formula is C23H18N2O. The van der Waals surface area contributed by atoms with Crippen LogP contribution in [0.1, 0.15) is 0 Å². The molecular weight excluding hydrogens is 320 g/mol. The minimum atomic E-state index is 0.754. The predicted octanol–water partition coefficient (Wildman–Crippen LogP) is 5.49. The number of aromatic nitrogens is 2. The van der Waals surface area contributed by atoms with E-state index in [-0.39, 0.29) is 0 Å². The molecule has 3 heteroatoms. The van der Waals surface area contributed by atoms with E-state index in [2.05, 4.69) is 23.2 Å². The summed E-state index contributed by atoms with van der Waals surface area (Å²) in [6.07, 6.45) is 3.62. The van der Waals surface area contributed by atoms with Crippen molar-refractivity contribution in [3.63, 3.8) is 0 Å². The van der Waals surface area contributed by atoms with Gasteiger partial charge in [0.1, 0.15) is 5.69 Å². The molecule has 0 amide bonds. The third kappa shape index (κ3) is 3.07. The number of ether oxygens (including phenoxy) is 1. The van der Waals surface area contributed by atoms with E-state index in [1.165, 1.54) is 0 Å². The quantitative estimate of drug-likeness (QED) is 0.494. The van der Waals surface area contributed by atoms with Gasteiger partial charge in [0.15, 0.2) is 5.75 Å². The fraction of sp³-hybridized carbons (Fsp3) is 0.0435. The van der Waals surface area contributed by atoms with Crippen LogP contribution < -0.4 is 4.74 Å². The van der Waals surface area contributed by atoms with Crippen molar-refractivity contribution in [1.29, 1.82) is 0 Å². The summed E-state index contributed by atoms with van der Waals surface area (Å²) in [6.45, 7) is 0. The molecule has 0 radical (unpaired) electrons. The summed E-state index contributed by atoms with van der Waals surface area (Å²) in [5, 5.41) is 0. The molecule has 0 bridgehead atoms. The molecule has 2 aromatic heterocycles. The summed E-state index contributed by atoms with van der Waals surface area (Å²) in [4.78, 5) is 9.19. The lowest BCUT2D eigenvalue weighted by atomic mass is 9.99. The topological polar surface area (TPSA) is 35.0 Å². The van der Waals surface area contributed by atoms with Gasteiger partial charge in [0.2, 0.25) is 0 Å². The average Bonchev–Trinajstić information content (AvgIpc) is 2.74. The van der Waals surface area contributed by atoms with Crippen LogP contribution in [0.25, 0.3) is 33.6 Å². The molecule has 3 nitrogen and oxygen atoms in total. The minimum absolute atomic E-state index is 0.754. The molecule has 4 aromatic rings. The molecule has 0 aliphatic heterocycles. The number of hydrogen-bond acceptors (Lipinski definition) is 3. The number of hydrogen-bond donors (Lipinski definition) is 0. The highest BCUT2D eigenvalue weighted by Crippen LogP contribution is 2.40. The Balaban J connectivity index is 2.01. The molecule has 0 fully saturated rings. The minimum Gasteiger partial charge on any atom is -0.494 e. The van der Waals surface area contributed by atoms with Gasteiger partial charge in [-0.15, -0.1) is 0 Å². The Morgan fingerprint density at radius 3 is 2.00 bits per heavy atom. The fourth-order valence-corrected chi connectivity index (χ4v) is 3.02. The smallest absolute Gasteiger partial charge is 0.153 e. The second-order valence-electron chi connectivity index (χ2n) is 5.91. The fourth-order valence-electron chi connectivity index (χ4n) is 3.02. The van der Waals surface area contributed by atoms with E-state index in [9.17, 15) is 0 Å². The van der Waals surface area contributed by atoms with Crippen LogP contribution in [0.15, 0.2) is 91.3 Å². The van der Waals surface area contributed by atoms with E-state index in [0.29, 0.717) is 0 Å². The van der Waals surface area contributed by atoms with Crippen LogP contribution in [0.5, 0.6) is 5.75 Å². The van der Waals surface area contributed by atoms with E-state index in [1.807, 2.05) is 66.9 Å². The summed E-state index contributed by atoms with van der Waals surface area (Å²) >= 11 is 0. The Morgan fingerprint density at radius 1 is 0.731 bits per heavy atom. The van der Waals surface area contributed by atoms with Gasteiger partial charge >= 0.3 is 0 Å². The second-order valence-corrected chi connectivity index (χ2v) is 5.91. The Kier molecular flexibility index (Phi) is 4.44. The zero-order valence-electron chi connectivity index (χ0n) is 14.5. The van der Waals surface area contributed by atoms with Gasteiger partial charge in [-0.1, -0.05) is 66.7 Å². The summed E-state index contributed by atoms with van der Waals surface area (Å²) < 4.78 is 5.79. The van der Waals surface area contributed by atoms with Crippen molar-refractivity contribution >= 4 is 0 Å². The van der Waals surface area contributed by atoms with Crippen molar-refractivity contribution in [3.05, 3.63) is 91.3 Å². The van der Waals surface area contributed by atoms with E-state index in [1.54, 1.807) is 13.3 Å².